The molecule has 1 heterocycles. The predicted molar refractivity (Wildman–Crippen MR) is 66.8 cm³/mol. The van der Waals surface area contributed by atoms with Crippen molar-refractivity contribution in [2.75, 3.05) is 0 Å². The fourth-order valence-electron chi connectivity index (χ4n) is 1.67. The summed E-state index contributed by atoms with van der Waals surface area (Å²) in [5, 5.41) is 0. The van der Waals surface area contributed by atoms with E-state index in [0.29, 0.717) is 17.0 Å². The number of rotatable bonds is 2. The lowest BCUT2D eigenvalue weighted by molar-refractivity contribution is -0.137. The summed E-state index contributed by atoms with van der Waals surface area (Å²) in [7, 11) is 0. The second kappa shape index (κ2) is 5.17. The molecule has 2 aromatic rings. The summed E-state index contributed by atoms with van der Waals surface area (Å²) in [6, 6.07) is 6.63. The van der Waals surface area contributed by atoms with Gasteiger partial charge in [-0.3, -0.25) is 0 Å². The maximum Gasteiger partial charge on any atom is 0.416 e. The Hall–Kier alpha value is -1.62. The zero-order chi connectivity index (χ0) is 14.0. The molecule has 0 atom stereocenters. The van der Waals surface area contributed by atoms with Crippen molar-refractivity contribution in [1.82, 2.24) is 9.97 Å². The minimum absolute atomic E-state index is 0.190. The van der Waals surface area contributed by atoms with Gasteiger partial charge in [0.05, 0.1) is 17.1 Å². The van der Waals surface area contributed by atoms with Crippen molar-refractivity contribution in [1.29, 1.82) is 0 Å². The highest BCUT2D eigenvalue weighted by molar-refractivity contribution is 6.16. The lowest BCUT2D eigenvalue weighted by atomic mass is 10.1. The molecule has 0 aliphatic carbocycles. The van der Waals surface area contributed by atoms with Crippen molar-refractivity contribution in [2.24, 2.45) is 0 Å². The molecule has 0 radical (unpaired) electrons. The molecule has 2 rings (SSSR count). The van der Waals surface area contributed by atoms with Crippen LogP contribution in [0.3, 0.4) is 0 Å². The largest absolute Gasteiger partial charge is 0.416 e. The summed E-state index contributed by atoms with van der Waals surface area (Å²) in [4.78, 5) is 8.27. The molecule has 0 N–H and O–H groups in total. The van der Waals surface area contributed by atoms with Crippen molar-refractivity contribution < 1.29 is 13.2 Å². The quantitative estimate of drug-likeness (QED) is 0.773. The molecule has 0 spiro atoms. The van der Waals surface area contributed by atoms with Crippen molar-refractivity contribution >= 4 is 11.6 Å². The van der Waals surface area contributed by atoms with Crippen LogP contribution in [0.25, 0.3) is 11.4 Å². The van der Waals surface area contributed by atoms with Crippen molar-refractivity contribution in [2.45, 2.75) is 19.0 Å². The van der Waals surface area contributed by atoms with Crippen molar-refractivity contribution in [3.63, 3.8) is 0 Å². The minimum Gasteiger partial charge on any atom is -0.233 e. The van der Waals surface area contributed by atoms with Gasteiger partial charge < -0.3 is 0 Å². The van der Waals surface area contributed by atoms with E-state index in [-0.39, 0.29) is 11.7 Å². The van der Waals surface area contributed by atoms with Crippen LogP contribution in [0, 0.1) is 6.92 Å². The first kappa shape index (κ1) is 13.8. The first-order valence-corrected chi connectivity index (χ1v) is 6.02. The van der Waals surface area contributed by atoms with Gasteiger partial charge in [0.15, 0.2) is 5.82 Å². The normalized spacial score (nSPS) is 11.6. The molecule has 0 bridgehead atoms. The molecule has 100 valence electrons. The van der Waals surface area contributed by atoms with Crippen molar-refractivity contribution in [3.8, 4) is 11.4 Å². The maximum absolute atomic E-state index is 12.6. The molecule has 0 amide bonds. The maximum atomic E-state index is 12.6. The highest BCUT2D eigenvalue weighted by Crippen LogP contribution is 2.31. The second-order valence-electron chi connectivity index (χ2n) is 4.04. The van der Waals surface area contributed by atoms with Gasteiger partial charge in [-0.05, 0) is 25.1 Å². The van der Waals surface area contributed by atoms with Gasteiger partial charge in [-0.2, -0.15) is 13.2 Å². The van der Waals surface area contributed by atoms with Gasteiger partial charge in [-0.15, -0.1) is 11.6 Å². The SMILES string of the molecule is Cc1cc(CCl)nc(-c2cccc(C(F)(F)F)c2)n1. The molecule has 0 aliphatic heterocycles. The Kier molecular flexibility index (Phi) is 3.75. The Labute approximate surface area is 113 Å². The molecule has 2 nitrogen and oxygen atoms in total. The number of aromatic nitrogens is 2. The Morgan fingerprint density at radius 1 is 1.16 bits per heavy atom. The Bertz CT molecular complexity index is 597. The average Bonchev–Trinajstić information content (AvgIpc) is 2.37. The van der Waals surface area contributed by atoms with E-state index < -0.39 is 11.7 Å². The van der Waals surface area contributed by atoms with Gasteiger partial charge >= 0.3 is 6.18 Å². The zero-order valence-corrected chi connectivity index (χ0v) is 10.8. The summed E-state index contributed by atoms with van der Waals surface area (Å²) < 4.78 is 37.9. The van der Waals surface area contributed by atoms with Gasteiger partial charge in [0.2, 0.25) is 0 Å². The van der Waals surface area contributed by atoms with Crippen LogP contribution in [0.2, 0.25) is 0 Å². The van der Waals surface area contributed by atoms with E-state index in [0.717, 1.165) is 12.1 Å². The molecular formula is C13H10ClF3N2. The summed E-state index contributed by atoms with van der Waals surface area (Å²) in [6.45, 7) is 1.74. The van der Waals surface area contributed by atoms with E-state index in [1.54, 1.807) is 19.1 Å². The van der Waals surface area contributed by atoms with Crippen LogP contribution in [0.4, 0.5) is 13.2 Å². The molecular weight excluding hydrogens is 277 g/mol. The van der Waals surface area contributed by atoms with E-state index in [4.69, 9.17) is 11.6 Å². The van der Waals surface area contributed by atoms with Gasteiger partial charge in [0, 0.05) is 11.3 Å². The third-order valence-electron chi connectivity index (χ3n) is 2.49. The van der Waals surface area contributed by atoms with Crippen LogP contribution in [0.15, 0.2) is 30.3 Å². The lowest BCUT2D eigenvalue weighted by Crippen LogP contribution is -2.05. The summed E-state index contributed by atoms with van der Waals surface area (Å²) in [5.41, 5.74) is 0.854. The topological polar surface area (TPSA) is 25.8 Å². The number of hydrogen-bond donors (Lipinski definition) is 0. The molecule has 0 aliphatic rings. The zero-order valence-electron chi connectivity index (χ0n) is 10.0. The Morgan fingerprint density at radius 3 is 2.53 bits per heavy atom. The molecule has 0 saturated heterocycles. The van der Waals surface area contributed by atoms with Gasteiger partial charge in [0.1, 0.15) is 0 Å². The van der Waals surface area contributed by atoms with Gasteiger partial charge in [0.25, 0.3) is 0 Å². The average molecular weight is 287 g/mol. The summed E-state index contributed by atoms with van der Waals surface area (Å²) in [6.07, 6.45) is -4.38. The fourth-order valence-corrected chi connectivity index (χ4v) is 1.80. The van der Waals surface area contributed by atoms with Gasteiger partial charge in [-0.1, -0.05) is 12.1 Å². The number of benzene rings is 1. The molecule has 6 heteroatoms. The van der Waals surface area contributed by atoms with Crippen molar-refractivity contribution in [3.05, 3.63) is 47.3 Å². The lowest BCUT2D eigenvalue weighted by Gasteiger charge is -2.09. The highest BCUT2D eigenvalue weighted by atomic mass is 35.5. The highest BCUT2D eigenvalue weighted by Gasteiger charge is 2.30. The molecule has 0 saturated carbocycles. The summed E-state index contributed by atoms with van der Waals surface area (Å²) >= 11 is 5.69. The Balaban J connectivity index is 2.50. The monoisotopic (exact) mass is 286 g/mol. The first-order valence-electron chi connectivity index (χ1n) is 5.48. The van der Waals surface area contributed by atoms with Crippen LogP contribution >= 0.6 is 11.6 Å². The van der Waals surface area contributed by atoms with E-state index in [1.807, 2.05) is 0 Å². The number of aryl methyl sites for hydroxylation is 1. The third kappa shape index (κ3) is 3.23. The predicted octanol–water partition coefficient (Wildman–Crippen LogP) is 4.21. The molecule has 0 unspecified atom stereocenters. The van der Waals surface area contributed by atoms with Crippen LogP contribution in [0.5, 0.6) is 0 Å². The van der Waals surface area contributed by atoms with Gasteiger partial charge in [-0.25, -0.2) is 9.97 Å². The van der Waals surface area contributed by atoms with Crippen LogP contribution < -0.4 is 0 Å². The smallest absolute Gasteiger partial charge is 0.233 e. The van der Waals surface area contributed by atoms with Crippen LogP contribution in [-0.2, 0) is 12.1 Å². The standard InChI is InChI=1S/C13H10ClF3N2/c1-8-5-11(7-14)19-12(18-8)9-3-2-4-10(6-9)13(15,16)17/h2-6H,7H2,1H3. The van der Waals surface area contributed by atoms with E-state index >= 15 is 0 Å². The third-order valence-corrected chi connectivity index (χ3v) is 2.77. The first-order chi connectivity index (χ1) is 8.90. The van der Waals surface area contributed by atoms with E-state index in [2.05, 4.69) is 9.97 Å². The number of alkyl halides is 4. The molecule has 1 aromatic carbocycles. The van der Waals surface area contributed by atoms with E-state index in [1.165, 1.54) is 6.07 Å². The van der Waals surface area contributed by atoms with Crippen LogP contribution in [0.1, 0.15) is 17.0 Å². The van der Waals surface area contributed by atoms with E-state index in [9.17, 15) is 13.2 Å². The Morgan fingerprint density at radius 2 is 1.89 bits per heavy atom. The minimum atomic E-state index is -4.38. The number of hydrogen-bond acceptors (Lipinski definition) is 2. The fraction of sp³-hybridized carbons (Fsp3) is 0.231. The number of halogens is 4. The second-order valence-corrected chi connectivity index (χ2v) is 4.30. The summed E-state index contributed by atoms with van der Waals surface area (Å²) in [5.74, 6) is 0.441. The molecule has 1 aromatic heterocycles. The number of nitrogens with zero attached hydrogens (tertiary/aromatic N) is 2. The molecule has 0 fully saturated rings. The van der Waals surface area contributed by atoms with Crippen LogP contribution in [-0.4, -0.2) is 9.97 Å². The molecule has 19 heavy (non-hydrogen) atoms.